The molecule has 104 valence electrons. The molecule has 0 radical (unpaired) electrons. The monoisotopic (exact) mass is 256 g/mol. The molecular weight excluding hydrogens is 232 g/mol. The van der Waals surface area contributed by atoms with Crippen LogP contribution in [0.4, 0.5) is 0 Å². The topological polar surface area (TPSA) is 78.4 Å². The summed E-state index contributed by atoms with van der Waals surface area (Å²) in [5.74, 6) is -0.727. The second-order valence-electron chi connectivity index (χ2n) is 5.17. The third-order valence-electron chi connectivity index (χ3n) is 3.73. The van der Waals surface area contributed by atoms with Gasteiger partial charge in [0.2, 0.25) is 5.91 Å². The van der Waals surface area contributed by atoms with Crippen molar-refractivity contribution in [3.8, 4) is 0 Å². The van der Waals surface area contributed by atoms with Gasteiger partial charge >= 0.3 is 5.97 Å². The average molecular weight is 256 g/mol. The Morgan fingerprint density at radius 1 is 1.39 bits per heavy atom. The summed E-state index contributed by atoms with van der Waals surface area (Å²) in [6.45, 7) is 5.68. The van der Waals surface area contributed by atoms with Crippen LogP contribution in [0, 0.1) is 11.8 Å². The number of aliphatic carboxylic acids is 1. The number of hydrogen-bond donors (Lipinski definition) is 3. The largest absolute Gasteiger partial charge is 0.480 e. The molecule has 0 aromatic rings. The van der Waals surface area contributed by atoms with Crippen molar-refractivity contribution in [2.45, 2.75) is 45.6 Å². The number of rotatable bonds is 6. The fraction of sp³-hybridized carbons (Fsp3) is 0.846. The van der Waals surface area contributed by atoms with Gasteiger partial charge in [-0.2, -0.15) is 0 Å². The van der Waals surface area contributed by atoms with Crippen LogP contribution in [-0.2, 0) is 9.59 Å². The molecule has 1 unspecified atom stereocenters. The molecule has 1 amide bonds. The molecule has 0 spiro atoms. The van der Waals surface area contributed by atoms with E-state index in [9.17, 15) is 9.59 Å². The highest BCUT2D eigenvalue weighted by molar-refractivity contribution is 5.83. The maximum absolute atomic E-state index is 11.9. The molecule has 0 aromatic heterocycles. The Balaban J connectivity index is 2.42. The number of carboxylic acids is 1. The van der Waals surface area contributed by atoms with E-state index >= 15 is 0 Å². The molecule has 18 heavy (non-hydrogen) atoms. The lowest BCUT2D eigenvalue weighted by Crippen LogP contribution is -2.45. The first-order valence-corrected chi connectivity index (χ1v) is 6.77. The fourth-order valence-corrected chi connectivity index (χ4v) is 2.26. The first-order chi connectivity index (χ1) is 8.54. The van der Waals surface area contributed by atoms with Gasteiger partial charge < -0.3 is 15.7 Å². The minimum Gasteiger partial charge on any atom is -0.480 e. The van der Waals surface area contributed by atoms with Crippen LogP contribution < -0.4 is 10.6 Å². The van der Waals surface area contributed by atoms with Gasteiger partial charge in [-0.05, 0) is 37.8 Å². The highest BCUT2D eigenvalue weighted by Crippen LogP contribution is 2.16. The van der Waals surface area contributed by atoms with E-state index in [4.69, 9.17) is 5.11 Å². The lowest BCUT2D eigenvalue weighted by molar-refractivity contribution is -0.143. The van der Waals surface area contributed by atoms with Crippen LogP contribution in [0.2, 0.25) is 0 Å². The van der Waals surface area contributed by atoms with Crippen molar-refractivity contribution in [2.75, 3.05) is 13.1 Å². The van der Waals surface area contributed by atoms with E-state index in [-0.39, 0.29) is 11.8 Å². The molecule has 2 atom stereocenters. The third-order valence-corrected chi connectivity index (χ3v) is 3.73. The van der Waals surface area contributed by atoms with E-state index in [1.165, 1.54) is 0 Å². The van der Waals surface area contributed by atoms with Crippen LogP contribution in [-0.4, -0.2) is 36.1 Å². The zero-order valence-corrected chi connectivity index (χ0v) is 11.2. The Hall–Kier alpha value is -1.10. The average Bonchev–Trinajstić information content (AvgIpc) is 2.36. The lowest BCUT2D eigenvalue weighted by atomic mass is 9.93. The molecule has 0 aromatic carbocycles. The number of hydrogen-bond acceptors (Lipinski definition) is 3. The number of amides is 1. The summed E-state index contributed by atoms with van der Waals surface area (Å²) in [5, 5.41) is 15.0. The van der Waals surface area contributed by atoms with Crippen LogP contribution in [0.15, 0.2) is 0 Å². The SMILES string of the molecule is CCC(C)[C@H](NC(=O)CC1CCNCC1)C(=O)O. The van der Waals surface area contributed by atoms with Crippen molar-refractivity contribution in [2.24, 2.45) is 11.8 Å². The molecule has 0 saturated carbocycles. The molecule has 5 heteroatoms. The number of nitrogens with one attached hydrogen (secondary N) is 2. The Morgan fingerprint density at radius 3 is 2.50 bits per heavy atom. The number of carbonyl (C=O) groups is 2. The Kier molecular flexibility index (Phi) is 6.12. The lowest BCUT2D eigenvalue weighted by Gasteiger charge is -2.24. The third kappa shape index (κ3) is 4.64. The molecule has 1 aliphatic rings. The van der Waals surface area contributed by atoms with Gasteiger partial charge in [-0.3, -0.25) is 4.79 Å². The number of piperidine rings is 1. The molecule has 5 nitrogen and oxygen atoms in total. The second kappa shape index (κ2) is 7.36. The van der Waals surface area contributed by atoms with Gasteiger partial charge in [0.25, 0.3) is 0 Å². The number of carboxylic acid groups (broad SMARTS) is 1. The van der Waals surface area contributed by atoms with E-state index in [2.05, 4.69) is 10.6 Å². The van der Waals surface area contributed by atoms with Crippen LogP contribution in [0.3, 0.4) is 0 Å². The highest BCUT2D eigenvalue weighted by atomic mass is 16.4. The molecule has 1 fully saturated rings. The maximum Gasteiger partial charge on any atom is 0.326 e. The molecule has 3 N–H and O–H groups in total. The number of carbonyl (C=O) groups excluding carboxylic acids is 1. The van der Waals surface area contributed by atoms with Crippen molar-refractivity contribution in [1.29, 1.82) is 0 Å². The molecule has 1 rings (SSSR count). The van der Waals surface area contributed by atoms with Gasteiger partial charge in [0.1, 0.15) is 6.04 Å². The van der Waals surface area contributed by atoms with Crippen molar-refractivity contribution in [3.63, 3.8) is 0 Å². The first-order valence-electron chi connectivity index (χ1n) is 6.77. The second-order valence-corrected chi connectivity index (χ2v) is 5.17. The zero-order valence-electron chi connectivity index (χ0n) is 11.2. The van der Waals surface area contributed by atoms with E-state index in [1.807, 2.05) is 13.8 Å². The van der Waals surface area contributed by atoms with Gasteiger partial charge in [-0.15, -0.1) is 0 Å². The van der Waals surface area contributed by atoms with Crippen molar-refractivity contribution >= 4 is 11.9 Å². The summed E-state index contributed by atoms with van der Waals surface area (Å²) in [4.78, 5) is 23.0. The smallest absolute Gasteiger partial charge is 0.326 e. The minimum atomic E-state index is -0.942. The first kappa shape index (κ1) is 15.0. The van der Waals surface area contributed by atoms with Gasteiger partial charge in [0, 0.05) is 6.42 Å². The highest BCUT2D eigenvalue weighted by Gasteiger charge is 2.26. The molecule has 1 heterocycles. The summed E-state index contributed by atoms with van der Waals surface area (Å²) >= 11 is 0. The predicted molar refractivity (Wildman–Crippen MR) is 69.2 cm³/mol. The normalized spacial score (nSPS) is 20.1. The Morgan fingerprint density at radius 2 is 2.00 bits per heavy atom. The molecule has 1 saturated heterocycles. The molecule has 0 aliphatic carbocycles. The standard InChI is InChI=1S/C13H24N2O3/c1-3-9(2)12(13(17)18)15-11(16)8-10-4-6-14-7-5-10/h9-10,12,14H,3-8H2,1-2H3,(H,15,16)(H,17,18)/t9?,12-/m0/s1. The van der Waals surface area contributed by atoms with Crippen molar-refractivity contribution in [1.82, 2.24) is 10.6 Å². The quantitative estimate of drug-likeness (QED) is 0.662. The summed E-state index contributed by atoms with van der Waals surface area (Å²) in [5.41, 5.74) is 0. The summed E-state index contributed by atoms with van der Waals surface area (Å²) in [6.07, 6.45) is 3.18. The zero-order chi connectivity index (χ0) is 13.5. The fourth-order valence-electron chi connectivity index (χ4n) is 2.26. The van der Waals surface area contributed by atoms with Crippen LogP contribution in [0.5, 0.6) is 0 Å². The van der Waals surface area contributed by atoms with Crippen molar-refractivity contribution < 1.29 is 14.7 Å². The summed E-state index contributed by atoms with van der Waals surface area (Å²) in [7, 11) is 0. The molecule has 0 bridgehead atoms. The Bertz CT molecular complexity index is 288. The van der Waals surface area contributed by atoms with E-state index in [0.29, 0.717) is 12.3 Å². The van der Waals surface area contributed by atoms with E-state index < -0.39 is 12.0 Å². The van der Waals surface area contributed by atoms with Crippen LogP contribution in [0.25, 0.3) is 0 Å². The van der Waals surface area contributed by atoms with Gasteiger partial charge in [0.15, 0.2) is 0 Å². The predicted octanol–water partition coefficient (Wildman–Crippen LogP) is 0.992. The van der Waals surface area contributed by atoms with Gasteiger partial charge in [-0.1, -0.05) is 20.3 Å². The molecule has 1 aliphatic heterocycles. The Labute approximate surface area is 108 Å². The minimum absolute atomic E-state index is 0.0422. The van der Waals surface area contributed by atoms with Gasteiger partial charge in [-0.25, -0.2) is 4.79 Å². The van der Waals surface area contributed by atoms with Crippen LogP contribution >= 0.6 is 0 Å². The summed E-state index contributed by atoms with van der Waals surface area (Å²) in [6, 6.07) is -0.760. The van der Waals surface area contributed by atoms with E-state index in [1.54, 1.807) is 0 Å². The van der Waals surface area contributed by atoms with Crippen molar-refractivity contribution in [3.05, 3.63) is 0 Å². The van der Waals surface area contributed by atoms with Gasteiger partial charge in [0.05, 0.1) is 0 Å². The maximum atomic E-state index is 11.9. The molecular formula is C13H24N2O3. The van der Waals surface area contributed by atoms with Crippen LogP contribution in [0.1, 0.15) is 39.5 Å². The summed E-state index contributed by atoms with van der Waals surface area (Å²) < 4.78 is 0. The van der Waals surface area contributed by atoms with E-state index in [0.717, 1.165) is 32.4 Å².